The zero-order valence-corrected chi connectivity index (χ0v) is 13.2. The SMILES string of the molecule is BrC1CC2CC(Br)CC(C1)[Se+]2Br. The van der Waals surface area contributed by atoms with Crippen LogP contribution < -0.4 is 0 Å². The summed E-state index contributed by atoms with van der Waals surface area (Å²) in [5.74, 6) is 0. The first kappa shape index (κ1) is 10.5. The molecule has 0 aromatic carbocycles. The van der Waals surface area contributed by atoms with Crippen LogP contribution in [0.2, 0.25) is 9.63 Å². The van der Waals surface area contributed by atoms with E-state index in [2.05, 4.69) is 46.0 Å². The van der Waals surface area contributed by atoms with Crippen LogP contribution in [-0.4, -0.2) is 21.7 Å². The molecule has 2 rings (SSSR count). The number of halogens is 3. The molecule has 2 saturated heterocycles. The molecule has 2 bridgehead atoms. The Hall–Kier alpha value is 1.96. The van der Waals surface area contributed by atoms with E-state index in [1.165, 1.54) is 25.7 Å². The maximum absolute atomic E-state index is 3.97. The van der Waals surface area contributed by atoms with Gasteiger partial charge in [0.1, 0.15) is 0 Å². The molecule has 0 N–H and O–H groups in total. The minimum atomic E-state index is -0.408. The molecule has 0 aliphatic carbocycles. The van der Waals surface area contributed by atoms with Crippen LogP contribution >= 0.6 is 46.0 Å². The van der Waals surface area contributed by atoms with Gasteiger partial charge in [-0.3, -0.25) is 0 Å². The van der Waals surface area contributed by atoms with E-state index in [-0.39, 0.29) is 0 Å². The molecule has 0 nitrogen and oxygen atoms in total. The van der Waals surface area contributed by atoms with Gasteiger partial charge in [0.25, 0.3) is 0 Å². The Morgan fingerprint density at radius 3 is 1.50 bits per heavy atom. The third-order valence-electron chi connectivity index (χ3n) is 2.71. The first-order valence-electron chi connectivity index (χ1n) is 4.33. The van der Waals surface area contributed by atoms with Crippen LogP contribution in [0, 0.1) is 0 Å². The van der Waals surface area contributed by atoms with E-state index in [0.29, 0.717) is 0 Å². The van der Waals surface area contributed by atoms with Crippen LogP contribution in [0.4, 0.5) is 0 Å². The van der Waals surface area contributed by atoms with Crippen molar-refractivity contribution in [1.29, 1.82) is 0 Å². The van der Waals surface area contributed by atoms with Crippen molar-refractivity contribution in [3.8, 4) is 0 Å². The number of hydrogen-bond donors (Lipinski definition) is 0. The van der Waals surface area contributed by atoms with E-state index in [9.17, 15) is 0 Å². The van der Waals surface area contributed by atoms with E-state index >= 15 is 0 Å². The summed E-state index contributed by atoms with van der Waals surface area (Å²) in [6.07, 6.45) is 5.64. The molecule has 2 heterocycles. The minimum absolute atomic E-state index is 0.408. The Morgan fingerprint density at radius 1 is 0.833 bits per heavy atom. The fourth-order valence-corrected chi connectivity index (χ4v) is 14.0. The molecular weight excluding hydrogens is 415 g/mol. The first-order chi connectivity index (χ1) is 5.66. The number of hydrogen-bond acceptors (Lipinski definition) is 0. The molecule has 70 valence electrons. The monoisotopic (exact) mass is 425 g/mol. The Kier molecular flexibility index (Phi) is 3.68. The first-order valence-corrected chi connectivity index (χ1v) is 12.1. The summed E-state index contributed by atoms with van der Waals surface area (Å²) in [5.41, 5.74) is 0. The molecule has 0 atom stereocenters. The van der Waals surface area contributed by atoms with E-state index in [0.717, 1.165) is 19.3 Å². The quantitative estimate of drug-likeness (QED) is 0.402. The standard InChI is InChI=1S/C8H12Br3Se/c9-5-1-7-3-6(10)4-8(2-5)12(7)11/h5-8H,1-4H2/q+1. The zero-order chi connectivity index (χ0) is 8.72. The summed E-state index contributed by atoms with van der Waals surface area (Å²) >= 11 is 11.1. The van der Waals surface area contributed by atoms with Gasteiger partial charge in [0.05, 0.1) is 0 Å². The van der Waals surface area contributed by atoms with Gasteiger partial charge in [0.15, 0.2) is 0 Å². The fraction of sp³-hybridized carbons (Fsp3) is 1.00. The van der Waals surface area contributed by atoms with Gasteiger partial charge in [-0.05, 0) is 0 Å². The van der Waals surface area contributed by atoms with Crippen molar-refractivity contribution < 1.29 is 0 Å². The predicted molar refractivity (Wildman–Crippen MR) is 66.1 cm³/mol. The van der Waals surface area contributed by atoms with Crippen molar-refractivity contribution in [2.45, 2.75) is 45.0 Å². The van der Waals surface area contributed by atoms with Gasteiger partial charge in [-0.15, -0.1) is 0 Å². The fourth-order valence-electron chi connectivity index (χ4n) is 2.17. The van der Waals surface area contributed by atoms with Crippen LogP contribution in [0.25, 0.3) is 0 Å². The Balaban J connectivity index is 2.08. The molecule has 0 aromatic rings. The molecule has 0 spiro atoms. The molecule has 0 amide bonds. The molecule has 4 heteroatoms. The zero-order valence-electron chi connectivity index (χ0n) is 6.68. The molecule has 0 saturated carbocycles. The van der Waals surface area contributed by atoms with Crippen molar-refractivity contribution in [1.82, 2.24) is 0 Å². The third kappa shape index (κ3) is 2.13. The molecule has 2 fully saturated rings. The van der Waals surface area contributed by atoms with Crippen molar-refractivity contribution in [2.75, 3.05) is 0 Å². The van der Waals surface area contributed by atoms with Crippen molar-refractivity contribution >= 4 is 58.1 Å². The van der Waals surface area contributed by atoms with E-state index < -0.39 is 12.1 Å². The molecule has 0 aromatic heterocycles. The van der Waals surface area contributed by atoms with Gasteiger partial charge in [0.2, 0.25) is 0 Å². The van der Waals surface area contributed by atoms with Crippen molar-refractivity contribution in [2.24, 2.45) is 0 Å². The number of alkyl halides is 2. The molecule has 12 heavy (non-hydrogen) atoms. The summed E-state index contributed by atoms with van der Waals surface area (Å²) in [4.78, 5) is 3.66. The average Bonchev–Trinajstić information content (AvgIpc) is 1.94. The second-order valence-corrected chi connectivity index (χ2v) is 14.3. The van der Waals surface area contributed by atoms with Gasteiger partial charge in [0, 0.05) is 0 Å². The summed E-state index contributed by atoms with van der Waals surface area (Å²) in [6, 6.07) is 0. The average molecular weight is 427 g/mol. The van der Waals surface area contributed by atoms with E-state index in [1.54, 1.807) is 0 Å². The topological polar surface area (TPSA) is 0 Å². The predicted octanol–water partition coefficient (Wildman–Crippen LogP) is 4.23. The molecule has 0 radical (unpaired) electrons. The van der Waals surface area contributed by atoms with Crippen molar-refractivity contribution in [3.05, 3.63) is 0 Å². The molecule has 0 unspecified atom stereocenters. The van der Waals surface area contributed by atoms with Crippen LogP contribution in [0.1, 0.15) is 25.7 Å². The third-order valence-corrected chi connectivity index (χ3v) is 14.0. The Bertz CT molecular complexity index is 146. The molecule has 2 aliphatic rings. The Labute approximate surface area is 102 Å². The van der Waals surface area contributed by atoms with Gasteiger partial charge >= 0.3 is 103 Å². The summed E-state index contributed by atoms with van der Waals surface area (Å²) in [6.45, 7) is 0. The molecule has 2 aliphatic heterocycles. The van der Waals surface area contributed by atoms with Gasteiger partial charge in [-0.25, -0.2) is 0 Å². The summed E-state index contributed by atoms with van der Waals surface area (Å²) < 4.78 is 0. The summed E-state index contributed by atoms with van der Waals surface area (Å²) in [5, 5.41) is 0. The van der Waals surface area contributed by atoms with Gasteiger partial charge in [-0.1, -0.05) is 0 Å². The van der Waals surface area contributed by atoms with Crippen LogP contribution in [-0.2, 0) is 0 Å². The number of rotatable bonds is 0. The second-order valence-electron chi connectivity index (χ2n) is 3.70. The van der Waals surface area contributed by atoms with E-state index in [4.69, 9.17) is 0 Å². The maximum atomic E-state index is 3.97. The van der Waals surface area contributed by atoms with Crippen LogP contribution in [0.5, 0.6) is 0 Å². The molecular formula is C8H12Br3Se+. The van der Waals surface area contributed by atoms with Gasteiger partial charge in [-0.2, -0.15) is 0 Å². The van der Waals surface area contributed by atoms with Crippen LogP contribution in [0.15, 0.2) is 0 Å². The van der Waals surface area contributed by atoms with Crippen molar-refractivity contribution in [3.63, 3.8) is 0 Å². The Morgan fingerprint density at radius 2 is 1.17 bits per heavy atom. The normalized spacial score (nSPS) is 53.8. The van der Waals surface area contributed by atoms with Gasteiger partial charge < -0.3 is 0 Å². The second kappa shape index (κ2) is 4.22. The summed E-state index contributed by atoms with van der Waals surface area (Å²) in [7, 11) is 0. The number of fused-ring (bicyclic) bond motifs is 2. The van der Waals surface area contributed by atoms with Crippen LogP contribution in [0.3, 0.4) is 0 Å². The van der Waals surface area contributed by atoms with E-state index in [1.807, 2.05) is 0 Å².